The zero-order chi connectivity index (χ0) is 12.7. The number of nitrogens with two attached hydrogens (primary N) is 1. The van der Waals surface area contributed by atoms with E-state index in [2.05, 4.69) is 18.3 Å². The molecule has 1 aromatic carbocycles. The van der Waals surface area contributed by atoms with E-state index in [-0.39, 0.29) is 11.9 Å². The lowest BCUT2D eigenvalue weighted by atomic mass is 10.1. The molecule has 0 aliphatic rings. The Morgan fingerprint density at radius 1 is 1.53 bits per heavy atom. The second kappa shape index (κ2) is 6.91. The van der Waals surface area contributed by atoms with E-state index in [0.717, 1.165) is 12.2 Å². The molecular weight excluding hydrogens is 216 g/mol. The maximum atomic E-state index is 11.0. The molecule has 0 radical (unpaired) electrons. The first kappa shape index (κ1) is 13.5. The van der Waals surface area contributed by atoms with Gasteiger partial charge in [-0.25, -0.2) is 0 Å². The van der Waals surface area contributed by atoms with Crippen LogP contribution >= 0.6 is 0 Å². The van der Waals surface area contributed by atoms with Gasteiger partial charge in [0.1, 0.15) is 5.75 Å². The Morgan fingerprint density at radius 2 is 2.29 bits per heavy atom. The molecule has 3 N–H and O–H groups in total. The summed E-state index contributed by atoms with van der Waals surface area (Å²) in [6.07, 6.45) is 1.56. The number of carbonyl (C=O) groups excluding carboxylic acids is 1. The van der Waals surface area contributed by atoms with Gasteiger partial charge in [-0.3, -0.25) is 4.79 Å². The van der Waals surface area contributed by atoms with E-state index in [1.54, 1.807) is 7.05 Å². The highest BCUT2D eigenvalue weighted by molar-refractivity contribution is 5.79. The second-order valence-corrected chi connectivity index (χ2v) is 3.88. The average molecular weight is 236 g/mol. The summed E-state index contributed by atoms with van der Waals surface area (Å²) in [4.78, 5) is 11.0. The van der Waals surface area contributed by atoms with Crippen molar-refractivity contribution in [3.05, 3.63) is 29.8 Å². The molecule has 0 fully saturated rings. The van der Waals surface area contributed by atoms with E-state index >= 15 is 0 Å². The molecule has 0 aliphatic heterocycles. The third kappa shape index (κ3) is 4.44. The Bertz CT molecular complexity index is 366. The van der Waals surface area contributed by atoms with Crippen molar-refractivity contribution < 1.29 is 9.53 Å². The van der Waals surface area contributed by atoms with Gasteiger partial charge in [0.15, 0.2) is 0 Å². The summed E-state index contributed by atoms with van der Waals surface area (Å²) in [5.41, 5.74) is 6.45. The first-order chi connectivity index (χ1) is 8.17. The van der Waals surface area contributed by atoms with E-state index in [0.29, 0.717) is 13.0 Å². The van der Waals surface area contributed by atoms with Crippen LogP contribution in [0.4, 0.5) is 0 Å². The minimum absolute atomic E-state index is 0.329. The van der Waals surface area contributed by atoms with Gasteiger partial charge in [-0.2, -0.15) is 0 Å². The molecule has 4 heteroatoms. The molecular formula is C13H20N2O2. The molecule has 0 spiro atoms. The summed E-state index contributed by atoms with van der Waals surface area (Å²) in [5.74, 6) is 0.488. The molecule has 4 nitrogen and oxygen atoms in total. The molecule has 0 saturated carbocycles. The number of hydrogen-bond acceptors (Lipinski definition) is 3. The fourth-order valence-electron chi connectivity index (χ4n) is 1.58. The Labute approximate surface area is 102 Å². The third-order valence-electron chi connectivity index (χ3n) is 2.67. The SMILES string of the molecule is CCc1cccc(OCCC(NC)C(N)=O)c1. The van der Waals surface area contributed by atoms with E-state index in [9.17, 15) is 4.79 Å². The van der Waals surface area contributed by atoms with E-state index in [4.69, 9.17) is 10.5 Å². The summed E-state index contributed by atoms with van der Waals surface area (Å²) < 4.78 is 5.58. The molecule has 1 aromatic rings. The van der Waals surface area contributed by atoms with Crippen LogP contribution in [0.25, 0.3) is 0 Å². The largest absolute Gasteiger partial charge is 0.494 e. The van der Waals surface area contributed by atoms with Crippen molar-refractivity contribution in [3.8, 4) is 5.75 Å². The highest BCUT2D eigenvalue weighted by Crippen LogP contribution is 2.14. The summed E-state index contributed by atoms with van der Waals surface area (Å²) >= 11 is 0. The molecule has 0 aliphatic carbocycles. The quantitative estimate of drug-likeness (QED) is 0.745. The van der Waals surface area contributed by atoms with Crippen LogP contribution in [0.5, 0.6) is 5.75 Å². The highest BCUT2D eigenvalue weighted by Gasteiger charge is 2.11. The Hall–Kier alpha value is -1.55. The molecule has 0 aromatic heterocycles. The van der Waals surface area contributed by atoms with Gasteiger partial charge < -0.3 is 15.8 Å². The summed E-state index contributed by atoms with van der Waals surface area (Å²) in [7, 11) is 1.72. The Balaban J connectivity index is 2.42. The first-order valence-electron chi connectivity index (χ1n) is 5.85. The Morgan fingerprint density at radius 3 is 2.88 bits per heavy atom. The minimum atomic E-state index is -0.349. The van der Waals surface area contributed by atoms with Crippen molar-refractivity contribution in [2.75, 3.05) is 13.7 Å². The Kier molecular flexibility index (Phi) is 5.49. The lowest BCUT2D eigenvalue weighted by Crippen LogP contribution is -2.40. The second-order valence-electron chi connectivity index (χ2n) is 3.88. The minimum Gasteiger partial charge on any atom is -0.494 e. The van der Waals surface area contributed by atoms with Crippen LogP contribution in [-0.4, -0.2) is 25.6 Å². The average Bonchev–Trinajstić information content (AvgIpc) is 2.34. The third-order valence-corrected chi connectivity index (χ3v) is 2.67. The standard InChI is InChI=1S/C13H20N2O2/c1-3-10-5-4-6-11(9-10)17-8-7-12(15-2)13(14)16/h4-6,9,12,15H,3,7-8H2,1-2H3,(H2,14,16). The van der Waals surface area contributed by atoms with Crippen molar-refractivity contribution in [2.45, 2.75) is 25.8 Å². The van der Waals surface area contributed by atoms with Gasteiger partial charge in [-0.1, -0.05) is 19.1 Å². The molecule has 0 heterocycles. The predicted octanol–water partition coefficient (Wildman–Crippen LogP) is 1.09. The van der Waals surface area contributed by atoms with Crippen molar-refractivity contribution in [1.82, 2.24) is 5.32 Å². The first-order valence-corrected chi connectivity index (χ1v) is 5.85. The van der Waals surface area contributed by atoms with Crippen molar-refractivity contribution >= 4 is 5.91 Å². The van der Waals surface area contributed by atoms with Crippen LogP contribution in [0.2, 0.25) is 0 Å². The maximum absolute atomic E-state index is 11.0. The van der Waals surface area contributed by atoms with E-state index in [1.165, 1.54) is 5.56 Å². The van der Waals surface area contributed by atoms with Gasteiger partial charge in [0.05, 0.1) is 12.6 Å². The van der Waals surface area contributed by atoms with Crippen LogP contribution in [0.1, 0.15) is 18.9 Å². The number of nitrogens with one attached hydrogen (secondary N) is 1. The lowest BCUT2D eigenvalue weighted by molar-refractivity contribution is -0.120. The van der Waals surface area contributed by atoms with Gasteiger partial charge in [-0.15, -0.1) is 0 Å². The van der Waals surface area contributed by atoms with Crippen LogP contribution < -0.4 is 15.8 Å². The van der Waals surface area contributed by atoms with Crippen LogP contribution in [-0.2, 0) is 11.2 Å². The van der Waals surface area contributed by atoms with Gasteiger partial charge in [0, 0.05) is 6.42 Å². The zero-order valence-corrected chi connectivity index (χ0v) is 10.4. The molecule has 1 rings (SSSR count). The van der Waals surface area contributed by atoms with Crippen LogP contribution in [0.3, 0.4) is 0 Å². The maximum Gasteiger partial charge on any atom is 0.234 e. The number of hydrogen-bond donors (Lipinski definition) is 2. The number of amides is 1. The van der Waals surface area contributed by atoms with Crippen molar-refractivity contribution in [1.29, 1.82) is 0 Å². The van der Waals surface area contributed by atoms with Crippen LogP contribution in [0.15, 0.2) is 24.3 Å². The number of carbonyl (C=O) groups is 1. The summed E-state index contributed by atoms with van der Waals surface area (Å²) in [6, 6.07) is 7.63. The lowest BCUT2D eigenvalue weighted by Gasteiger charge is -2.13. The molecule has 17 heavy (non-hydrogen) atoms. The van der Waals surface area contributed by atoms with E-state index < -0.39 is 0 Å². The molecule has 0 bridgehead atoms. The van der Waals surface area contributed by atoms with Gasteiger partial charge in [-0.05, 0) is 31.2 Å². The molecule has 1 unspecified atom stereocenters. The number of aryl methyl sites for hydroxylation is 1. The number of primary amides is 1. The molecule has 1 amide bonds. The van der Waals surface area contributed by atoms with Gasteiger partial charge >= 0.3 is 0 Å². The number of benzene rings is 1. The van der Waals surface area contributed by atoms with Gasteiger partial charge in [0.25, 0.3) is 0 Å². The molecule has 94 valence electrons. The zero-order valence-electron chi connectivity index (χ0n) is 10.4. The van der Waals surface area contributed by atoms with E-state index in [1.807, 2.05) is 18.2 Å². The van der Waals surface area contributed by atoms with Crippen molar-refractivity contribution in [3.63, 3.8) is 0 Å². The smallest absolute Gasteiger partial charge is 0.234 e. The topological polar surface area (TPSA) is 64.3 Å². The fraction of sp³-hybridized carbons (Fsp3) is 0.462. The normalized spacial score (nSPS) is 12.1. The predicted molar refractivity (Wildman–Crippen MR) is 68.0 cm³/mol. The number of likely N-dealkylation sites (N-methyl/N-ethyl adjacent to an activating group) is 1. The van der Waals surface area contributed by atoms with Crippen molar-refractivity contribution in [2.24, 2.45) is 5.73 Å². The fourth-order valence-corrected chi connectivity index (χ4v) is 1.58. The highest BCUT2D eigenvalue weighted by atomic mass is 16.5. The number of rotatable bonds is 7. The van der Waals surface area contributed by atoms with Gasteiger partial charge in [0.2, 0.25) is 5.91 Å². The summed E-state index contributed by atoms with van der Waals surface area (Å²) in [6.45, 7) is 2.57. The molecule has 0 saturated heterocycles. The number of ether oxygens (including phenoxy) is 1. The summed E-state index contributed by atoms with van der Waals surface area (Å²) in [5, 5.41) is 2.86. The van der Waals surface area contributed by atoms with Crippen LogP contribution in [0, 0.1) is 0 Å². The molecule has 1 atom stereocenters. The monoisotopic (exact) mass is 236 g/mol.